The molecule has 2 atom stereocenters. The fourth-order valence-electron chi connectivity index (χ4n) is 2.03. The predicted molar refractivity (Wildman–Crippen MR) is 58.6 cm³/mol. The second-order valence-corrected chi connectivity index (χ2v) is 4.17. The number of carbonyl (C=O) groups excluding carboxylic acids is 1. The maximum Gasteiger partial charge on any atom is 0.312 e. The van der Waals surface area contributed by atoms with Crippen molar-refractivity contribution in [2.24, 2.45) is 5.73 Å². The van der Waals surface area contributed by atoms with Gasteiger partial charge in [-0.15, -0.1) is 0 Å². The van der Waals surface area contributed by atoms with Crippen molar-refractivity contribution < 1.29 is 9.53 Å². The number of ether oxygens (including phenoxy) is 1. The van der Waals surface area contributed by atoms with Crippen molar-refractivity contribution in [3.8, 4) is 0 Å². The predicted octanol–water partition coefficient (Wildman–Crippen LogP) is 0.200. The maximum absolute atomic E-state index is 10.4. The molecule has 88 valence electrons. The minimum absolute atomic E-state index is 0.315. The van der Waals surface area contributed by atoms with E-state index in [1.165, 1.54) is 0 Å². The molecule has 2 amide bonds. The van der Waals surface area contributed by atoms with Crippen LogP contribution in [0.1, 0.15) is 26.7 Å². The van der Waals surface area contributed by atoms with Crippen LogP contribution in [0.3, 0.4) is 0 Å². The van der Waals surface area contributed by atoms with Gasteiger partial charge in [0.2, 0.25) is 0 Å². The van der Waals surface area contributed by atoms with E-state index < -0.39 is 6.03 Å². The summed E-state index contributed by atoms with van der Waals surface area (Å²) in [4.78, 5) is 10.4. The van der Waals surface area contributed by atoms with Crippen molar-refractivity contribution in [3.63, 3.8) is 0 Å². The number of hydrogen-bond acceptors (Lipinski definition) is 3. The lowest BCUT2D eigenvalue weighted by Gasteiger charge is -2.32. The Morgan fingerprint density at radius 1 is 1.33 bits per heavy atom. The summed E-state index contributed by atoms with van der Waals surface area (Å²) in [6, 6.07) is 0.0175. The number of primary amides is 1. The number of hydrogen-bond donors (Lipinski definition) is 3. The van der Waals surface area contributed by atoms with Crippen LogP contribution in [0.4, 0.5) is 4.79 Å². The van der Waals surface area contributed by atoms with Gasteiger partial charge in [0.05, 0.1) is 12.2 Å². The average molecular weight is 215 g/mol. The van der Waals surface area contributed by atoms with E-state index in [1.54, 1.807) is 0 Å². The first kappa shape index (κ1) is 12.3. The number of rotatable bonds is 4. The van der Waals surface area contributed by atoms with Gasteiger partial charge in [-0.1, -0.05) is 0 Å². The van der Waals surface area contributed by atoms with E-state index in [2.05, 4.69) is 24.5 Å². The van der Waals surface area contributed by atoms with Crippen molar-refractivity contribution in [2.75, 3.05) is 13.1 Å². The summed E-state index contributed by atoms with van der Waals surface area (Å²) in [5, 5.41) is 5.94. The molecule has 15 heavy (non-hydrogen) atoms. The summed E-state index contributed by atoms with van der Waals surface area (Å²) in [6.45, 7) is 5.51. The van der Waals surface area contributed by atoms with E-state index in [1.807, 2.05) is 0 Å². The fraction of sp³-hybridized carbons (Fsp3) is 0.900. The van der Waals surface area contributed by atoms with E-state index in [0.29, 0.717) is 24.8 Å². The van der Waals surface area contributed by atoms with Crippen LogP contribution in [-0.2, 0) is 4.74 Å². The lowest BCUT2D eigenvalue weighted by atomic mass is 10.00. The third-order valence-electron chi connectivity index (χ3n) is 2.55. The van der Waals surface area contributed by atoms with Crippen LogP contribution in [0, 0.1) is 0 Å². The highest BCUT2D eigenvalue weighted by Gasteiger charge is 2.23. The summed E-state index contributed by atoms with van der Waals surface area (Å²) in [6.07, 6.45) is 2.69. The number of nitrogens with one attached hydrogen (secondary N) is 2. The third-order valence-corrected chi connectivity index (χ3v) is 2.55. The van der Waals surface area contributed by atoms with Gasteiger partial charge < -0.3 is 21.1 Å². The van der Waals surface area contributed by atoms with Crippen LogP contribution < -0.4 is 16.4 Å². The van der Waals surface area contributed by atoms with E-state index in [0.717, 1.165) is 19.4 Å². The van der Waals surface area contributed by atoms with Gasteiger partial charge in [-0.25, -0.2) is 4.79 Å². The molecule has 0 radical (unpaired) electrons. The minimum Gasteiger partial charge on any atom is -0.375 e. The zero-order valence-corrected chi connectivity index (χ0v) is 9.45. The first-order chi connectivity index (χ1) is 7.08. The Balaban J connectivity index is 2.12. The Labute approximate surface area is 90.7 Å². The van der Waals surface area contributed by atoms with Gasteiger partial charge in [0, 0.05) is 19.1 Å². The molecule has 0 aromatic rings. The molecule has 0 aromatic heterocycles. The molecule has 0 saturated carbocycles. The summed E-state index contributed by atoms with van der Waals surface area (Å²) < 4.78 is 5.63. The van der Waals surface area contributed by atoms with E-state index in [4.69, 9.17) is 10.5 Å². The molecule has 1 rings (SSSR count). The van der Waals surface area contributed by atoms with E-state index in [9.17, 15) is 4.79 Å². The number of nitrogens with two attached hydrogens (primary N) is 1. The summed E-state index contributed by atoms with van der Waals surface area (Å²) in [5.74, 6) is 0. The van der Waals surface area contributed by atoms with Crippen LogP contribution in [-0.4, -0.2) is 37.4 Å². The van der Waals surface area contributed by atoms with Gasteiger partial charge >= 0.3 is 6.03 Å². The lowest BCUT2D eigenvalue weighted by molar-refractivity contribution is -0.0418. The zero-order valence-electron chi connectivity index (χ0n) is 9.45. The first-order valence-electron chi connectivity index (χ1n) is 5.50. The minimum atomic E-state index is -0.467. The van der Waals surface area contributed by atoms with E-state index >= 15 is 0 Å². The van der Waals surface area contributed by atoms with E-state index in [-0.39, 0.29) is 0 Å². The molecule has 5 heteroatoms. The van der Waals surface area contributed by atoms with Gasteiger partial charge in [0.1, 0.15) is 0 Å². The van der Waals surface area contributed by atoms with Crippen LogP contribution in [0.5, 0.6) is 0 Å². The largest absolute Gasteiger partial charge is 0.375 e. The molecule has 0 aromatic carbocycles. The molecule has 1 aliphatic rings. The number of carbonyl (C=O) groups is 1. The Hall–Kier alpha value is -0.810. The van der Waals surface area contributed by atoms with Gasteiger partial charge in [-0.3, -0.25) is 0 Å². The molecule has 0 spiro atoms. The van der Waals surface area contributed by atoms with Crippen molar-refractivity contribution >= 4 is 6.03 Å². The zero-order chi connectivity index (χ0) is 11.3. The lowest BCUT2D eigenvalue weighted by Crippen LogP contribution is -2.44. The average Bonchev–Trinajstić information content (AvgIpc) is 2.10. The molecule has 0 bridgehead atoms. The first-order valence-corrected chi connectivity index (χ1v) is 5.50. The molecular formula is C10H21N3O2. The van der Waals surface area contributed by atoms with Crippen molar-refractivity contribution in [2.45, 2.75) is 44.9 Å². The second-order valence-electron chi connectivity index (χ2n) is 4.17. The number of urea groups is 1. The maximum atomic E-state index is 10.4. The van der Waals surface area contributed by atoms with Gasteiger partial charge in [0.15, 0.2) is 0 Å². The molecule has 1 saturated heterocycles. The molecule has 1 aliphatic heterocycles. The van der Waals surface area contributed by atoms with Gasteiger partial charge in [-0.2, -0.15) is 0 Å². The molecule has 5 nitrogen and oxygen atoms in total. The second kappa shape index (κ2) is 5.92. The highest BCUT2D eigenvalue weighted by molar-refractivity contribution is 5.71. The standard InChI is InChI=1S/C10H21N3O2/c1-7-5-9(6-8(2)15-7)12-3-4-13-10(11)14/h7-9,12H,3-6H2,1-2H3,(H3,11,13,14). The van der Waals surface area contributed by atoms with Crippen molar-refractivity contribution in [1.82, 2.24) is 10.6 Å². The molecule has 4 N–H and O–H groups in total. The smallest absolute Gasteiger partial charge is 0.312 e. The van der Waals surface area contributed by atoms with Gasteiger partial charge in [0.25, 0.3) is 0 Å². The quantitative estimate of drug-likeness (QED) is 0.586. The summed E-state index contributed by atoms with van der Waals surface area (Å²) >= 11 is 0. The third kappa shape index (κ3) is 4.99. The SMILES string of the molecule is CC1CC(NCCNC(N)=O)CC(C)O1. The Bertz CT molecular complexity index is 201. The molecule has 0 aliphatic carbocycles. The highest BCUT2D eigenvalue weighted by atomic mass is 16.5. The molecular weight excluding hydrogens is 194 g/mol. The Morgan fingerprint density at radius 3 is 2.47 bits per heavy atom. The topological polar surface area (TPSA) is 76.4 Å². The van der Waals surface area contributed by atoms with Crippen LogP contribution in [0.25, 0.3) is 0 Å². The van der Waals surface area contributed by atoms with Crippen molar-refractivity contribution in [3.05, 3.63) is 0 Å². The van der Waals surface area contributed by atoms with Crippen molar-refractivity contribution in [1.29, 1.82) is 0 Å². The molecule has 2 unspecified atom stereocenters. The molecule has 1 fully saturated rings. The normalized spacial score (nSPS) is 31.2. The Kier molecular flexibility index (Phi) is 4.84. The summed E-state index contributed by atoms with van der Waals surface area (Å²) in [5.41, 5.74) is 4.96. The fourth-order valence-corrected chi connectivity index (χ4v) is 2.03. The number of amides is 2. The van der Waals surface area contributed by atoms with Gasteiger partial charge in [-0.05, 0) is 26.7 Å². The highest BCUT2D eigenvalue weighted by Crippen LogP contribution is 2.18. The summed E-state index contributed by atoms with van der Waals surface area (Å²) in [7, 11) is 0. The van der Waals surface area contributed by atoms with Crippen LogP contribution >= 0.6 is 0 Å². The van der Waals surface area contributed by atoms with Crippen LogP contribution in [0.2, 0.25) is 0 Å². The monoisotopic (exact) mass is 215 g/mol. The Morgan fingerprint density at radius 2 is 1.93 bits per heavy atom. The molecule has 1 heterocycles. The van der Waals surface area contributed by atoms with Crippen LogP contribution in [0.15, 0.2) is 0 Å².